The number of carbonyl (C=O) groups excluding carboxylic acids is 2. The number of rotatable bonds is 2. The predicted octanol–water partition coefficient (Wildman–Crippen LogP) is 3.68. The van der Waals surface area contributed by atoms with Crippen LogP contribution in [-0.4, -0.2) is 29.8 Å². The maximum absolute atomic E-state index is 12.3. The van der Waals surface area contributed by atoms with E-state index < -0.39 is 11.8 Å². The van der Waals surface area contributed by atoms with E-state index in [1.165, 1.54) is 5.56 Å². The van der Waals surface area contributed by atoms with Crippen LogP contribution in [0.2, 0.25) is 5.02 Å². The molecule has 5 heteroatoms. The molecule has 1 aliphatic rings. The first kappa shape index (κ1) is 16.5. The standard InChI is InChI=1S/C19H19ClN2O2/c20-16-6-8-17(9-7-16)21-18(23)19(24)22-12-10-15(11-13-22)14-4-2-1-3-5-14/h1-9,15H,10-13H2,(H,21,23). The maximum Gasteiger partial charge on any atom is 0.313 e. The minimum absolute atomic E-state index is 0.453. The van der Waals surface area contributed by atoms with Crippen LogP contribution in [0.25, 0.3) is 0 Å². The van der Waals surface area contributed by atoms with Crippen LogP contribution >= 0.6 is 11.6 Å². The van der Waals surface area contributed by atoms with Crippen molar-refractivity contribution in [3.8, 4) is 0 Å². The number of hydrogen-bond acceptors (Lipinski definition) is 2. The highest BCUT2D eigenvalue weighted by Gasteiger charge is 2.27. The lowest BCUT2D eigenvalue weighted by molar-refractivity contribution is -0.143. The Bertz CT molecular complexity index is 708. The van der Waals surface area contributed by atoms with Crippen LogP contribution in [0, 0.1) is 0 Å². The van der Waals surface area contributed by atoms with Gasteiger partial charge in [0.05, 0.1) is 0 Å². The first-order chi connectivity index (χ1) is 11.6. The summed E-state index contributed by atoms with van der Waals surface area (Å²) >= 11 is 5.81. The Labute approximate surface area is 146 Å². The van der Waals surface area contributed by atoms with Crippen molar-refractivity contribution in [3.05, 3.63) is 65.2 Å². The highest BCUT2D eigenvalue weighted by atomic mass is 35.5. The lowest BCUT2D eigenvalue weighted by Crippen LogP contribution is -2.43. The fourth-order valence-corrected chi connectivity index (χ4v) is 3.13. The number of carbonyl (C=O) groups is 2. The molecule has 0 spiro atoms. The van der Waals surface area contributed by atoms with Crippen LogP contribution in [0.4, 0.5) is 5.69 Å². The van der Waals surface area contributed by atoms with Crippen molar-refractivity contribution in [2.24, 2.45) is 0 Å². The molecule has 1 fully saturated rings. The van der Waals surface area contributed by atoms with E-state index in [1.807, 2.05) is 18.2 Å². The number of benzene rings is 2. The van der Waals surface area contributed by atoms with Crippen molar-refractivity contribution < 1.29 is 9.59 Å². The number of amides is 2. The largest absolute Gasteiger partial charge is 0.334 e. The Morgan fingerprint density at radius 2 is 1.58 bits per heavy atom. The van der Waals surface area contributed by atoms with E-state index in [0.717, 1.165) is 12.8 Å². The smallest absolute Gasteiger partial charge is 0.313 e. The molecule has 1 N–H and O–H groups in total. The Hall–Kier alpha value is -2.33. The zero-order valence-corrected chi connectivity index (χ0v) is 14.0. The molecule has 0 saturated carbocycles. The van der Waals surface area contributed by atoms with Crippen LogP contribution in [0.5, 0.6) is 0 Å². The summed E-state index contributed by atoms with van der Waals surface area (Å²) in [5.74, 6) is -0.624. The lowest BCUT2D eigenvalue weighted by Gasteiger charge is -2.31. The number of halogens is 1. The highest BCUT2D eigenvalue weighted by molar-refractivity contribution is 6.39. The molecule has 3 rings (SSSR count). The number of nitrogens with one attached hydrogen (secondary N) is 1. The monoisotopic (exact) mass is 342 g/mol. The van der Waals surface area contributed by atoms with E-state index in [1.54, 1.807) is 29.2 Å². The van der Waals surface area contributed by atoms with Crippen LogP contribution in [-0.2, 0) is 9.59 Å². The first-order valence-corrected chi connectivity index (χ1v) is 8.42. The van der Waals surface area contributed by atoms with Crippen LogP contribution in [0.1, 0.15) is 24.3 Å². The quantitative estimate of drug-likeness (QED) is 0.846. The van der Waals surface area contributed by atoms with E-state index in [-0.39, 0.29) is 0 Å². The molecule has 1 saturated heterocycles. The second-order valence-electron chi connectivity index (χ2n) is 5.94. The van der Waals surface area contributed by atoms with Gasteiger partial charge in [-0.2, -0.15) is 0 Å². The molecule has 0 radical (unpaired) electrons. The molecule has 4 nitrogen and oxygen atoms in total. The van der Waals surface area contributed by atoms with Gasteiger partial charge in [-0.25, -0.2) is 0 Å². The third-order valence-electron chi connectivity index (χ3n) is 4.35. The molecular weight excluding hydrogens is 324 g/mol. The average molecular weight is 343 g/mol. The summed E-state index contributed by atoms with van der Waals surface area (Å²) in [5, 5.41) is 3.21. The second-order valence-corrected chi connectivity index (χ2v) is 6.37. The third-order valence-corrected chi connectivity index (χ3v) is 4.60. The molecule has 0 atom stereocenters. The van der Waals surface area contributed by atoms with Crippen molar-refractivity contribution in [2.45, 2.75) is 18.8 Å². The predicted molar refractivity (Wildman–Crippen MR) is 95.1 cm³/mol. The highest BCUT2D eigenvalue weighted by Crippen LogP contribution is 2.27. The van der Waals surface area contributed by atoms with Crippen molar-refractivity contribution in [1.29, 1.82) is 0 Å². The number of hydrogen-bond donors (Lipinski definition) is 1. The second kappa shape index (κ2) is 7.49. The van der Waals surface area contributed by atoms with Gasteiger partial charge in [-0.15, -0.1) is 0 Å². The Morgan fingerprint density at radius 3 is 2.21 bits per heavy atom. The zero-order valence-electron chi connectivity index (χ0n) is 13.2. The number of nitrogens with zero attached hydrogens (tertiary/aromatic N) is 1. The molecule has 0 aromatic heterocycles. The molecule has 0 unspecified atom stereocenters. The summed E-state index contributed by atoms with van der Waals surface area (Å²) in [6.07, 6.45) is 1.76. The van der Waals surface area contributed by atoms with Crippen molar-refractivity contribution in [1.82, 2.24) is 4.90 Å². The lowest BCUT2D eigenvalue weighted by atomic mass is 9.89. The molecule has 2 aromatic rings. The minimum atomic E-state index is -0.601. The van der Waals surface area contributed by atoms with E-state index in [4.69, 9.17) is 11.6 Å². The number of piperidine rings is 1. The van der Waals surface area contributed by atoms with E-state index >= 15 is 0 Å². The van der Waals surface area contributed by atoms with E-state index in [0.29, 0.717) is 29.7 Å². The maximum atomic E-state index is 12.3. The normalized spacial score (nSPS) is 15.1. The molecule has 1 aliphatic heterocycles. The van der Waals surface area contributed by atoms with Crippen LogP contribution in [0.3, 0.4) is 0 Å². The number of likely N-dealkylation sites (tertiary alicyclic amines) is 1. The topological polar surface area (TPSA) is 49.4 Å². The molecule has 1 heterocycles. The summed E-state index contributed by atoms with van der Waals surface area (Å²) in [5.41, 5.74) is 1.87. The first-order valence-electron chi connectivity index (χ1n) is 8.04. The van der Waals surface area contributed by atoms with Gasteiger partial charge in [0.25, 0.3) is 0 Å². The molecule has 2 amide bonds. The van der Waals surface area contributed by atoms with Gasteiger partial charge < -0.3 is 10.2 Å². The minimum Gasteiger partial charge on any atom is -0.334 e. The van der Waals surface area contributed by atoms with Crippen molar-refractivity contribution in [2.75, 3.05) is 18.4 Å². The third kappa shape index (κ3) is 3.95. The van der Waals surface area contributed by atoms with E-state index in [2.05, 4.69) is 17.4 Å². The fourth-order valence-electron chi connectivity index (χ4n) is 3.00. The summed E-state index contributed by atoms with van der Waals surface area (Å²) in [7, 11) is 0. The summed E-state index contributed by atoms with van der Waals surface area (Å²) in [6, 6.07) is 17.0. The van der Waals surface area contributed by atoms with E-state index in [9.17, 15) is 9.59 Å². The SMILES string of the molecule is O=C(Nc1ccc(Cl)cc1)C(=O)N1CCC(c2ccccc2)CC1. The van der Waals surface area contributed by atoms with Gasteiger partial charge in [0.2, 0.25) is 0 Å². The van der Waals surface area contributed by atoms with Gasteiger partial charge in [-0.1, -0.05) is 41.9 Å². The molecule has 0 aliphatic carbocycles. The fraction of sp³-hybridized carbons (Fsp3) is 0.263. The Balaban J connectivity index is 1.54. The van der Waals surface area contributed by atoms with Crippen molar-refractivity contribution in [3.63, 3.8) is 0 Å². The van der Waals surface area contributed by atoms with Crippen molar-refractivity contribution >= 4 is 29.1 Å². The molecule has 24 heavy (non-hydrogen) atoms. The van der Waals surface area contributed by atoms with Gasteiger partial charge in [-0.05, 0) is 48.6 Å². The molecular formula is C19H19ClN2O2. The van der Waals surface area contributed by atoms with Gasteiger partial charge in [0.1, 0.15) is 0 Å². The zero-order chi connectivity index (χ0) is 16.9. The summed E-state index contributed by atoms with van der Waals surface area (Å²) < 4.78 is 0. The van der Waals surface area contributed by atoms with Gasteiger partial charge >= 0.3 is 11.8 Å². The Morgan fingerprint density at radius 1 is 0.958 bits per heavy atom. The molecule has 2 aromatic carbocycles. The average Bonchev–Trinajstić information content (AvgIpc) is 2.64. The van der Waals surface area contributed by atoms with Crippen LogP contribution in [0.15, 0.2) is 54.6 Å². The van der Waals surface area contributed by atoms with Gasteiger partial charge in [0, 0.05) is 23.8 Å². The van der Waals surface area contributed by atoms with Gasteiger partial charge in [-0.3, -0.25) is 9.59 Å². The Kier molecular flexibility index (Phi) is 5.16. The van der Waals surface area contributed by atoms with Crippen LogP contribution < -0.4 is 5.32 Å². The molecule has 0 bridgehead atoms. The van der Waals surface area contributed by atoms with Gasteiger partial charge in [0.15, 0.2) is 0 Å². The number of anilines is 1. The summed E-state index contributed by atoms with van der Waals surface area (Å²) in [4.78, 5) is 26.0. The summed E-state index contributed by atoms with van der Waals surface area (Å²) in [6.45, 7) is 1.21. The molecule has 124 valence electrons.